The topological polar surface area (TPSA) is 76.8 Å². The van der Waals surface area contributed by atoms with Gasteiger partial charge in [-0.05, 0) is 43.4 Å². The van der Waals surface area contributed by atoms with Gasteiger partial charge in [0.25, 0.3) is 0 Å². The fourth-order valence-corrected chi connectivity index (χ4v) is 3.34. The molecule has 29 heavy (non-hydrogen) atoms. The molecule has 1 aromatic heterocycles. The highest BCUT2D eigenvalue weighted by atomic mass is 16.5. The molecule has 0 spiro atoms. The number of likely N-dealkylation sites (N-methyl/N-ethyl adjacent to an activating group) is 1. The maximum atomic E-state index is 11.4. The van der Waals surface area contributed by atoms with Gasteiger partial charge in [-0.3, -0.25) is 4.79 Å². The summed E-state index contributed by atoms with van der Waals surface area (Å²) in [5.41, 5.74) is 2.31. The quantitative estimate of drug-likeness (QED) is 0.564. The van der Waals surface area contributed by atoms with E-state index < -0.39 is 5.97 Å². The van der Waals surface area contributed by atoms with Gasteiger partial charge in [0.2, 0.25) is 0 Å². The average molecular weight is 397 g/mol. The van der Waals surface area contributed by atoms with E-state index in [1.807, 2.05) is 42.5 Å². The lowest BCUT2D eigenvalue weighted by Crippen LogP contribution is -2.27. The molecule has 0 saturated carbocycles. The maximum Gasteiger partial charge on any atom is 0.323 e. The molecule has 0 unspecified atom stereocenters. The second-order valence-electron chi connectivity index (χ2n) is 6.64. The van der Waals surface area contributed by atoms with Crippen molar-refractivity contribution in [1.29, 1.82) is 0 Å². The van der Waals surface area contributed by atoms with Crippen LogP contribution in [0.4, 0.5) is 0 Å². The smallest absolute Gasteiger partial charge is 0.323 e. The van der Waals surface area contributed by atoms with Crippen molar-refractivity contribution >= 4 is 17.0 Å². The highest BCUT2D eigenvalue weighted by Gasteiger charge is 2.17. The molecule has 7 nitrogen and oxygen atoms in total. The lowest BCUT2D eigenvalue weighted by molar-refractivity contribution is -0.137. The van der Waals surface area contributed by atoms with Crippen molar-refractivity contribution in [3.05, 3.63) is 42.5 Å². The fourth-order valence-electron chi connectivity index (χ4n) is 3.34. The molecule has 0 saturated heterocycles. The van der Waals surface area contributed by atoms with Crippen molar-refractivity contribution in [2.45, 2.75) is 20.4 Å². The number of carboxylic acid groups (broad SMARTS) is 1. The van der Waals surface area contributed by atoms with Gasteiger partial charge in [-0.1, -0.05) is 26.0 Å². The molecular formula is C22H27N3O4. The summed E-state index contributed by atoms with van der Waals surface area (Å²) in [6.07, 6.45) is 0. The van der Waals surface area contributed by atoms with Crippen molar-refractivity contribution in [2.75, 3.05) is 33.4 Å². The summed E-state index contributed by atoms with van der Waals surface area (Å²) in [6.45, 7) is 7.37. The number of methoxy groups -OCH3 is 1. The first-order valence-corrected chi connectivity index (χ1v) is 9.78. The largest absolute Gasteiger partial charge is 0.493 e. The van der Waals surface area contributed by atoms with Crippen LogP contribution in [0.1, 0.15) is 13.8 Å². The van der Waals surface area contributed by atoms with Gasteiger partial charge in [0.1, 0.15) is 19.0 Å². The number of carboxylic acids is 1. The van der Waals surface area contributed by atoms with Crippen molar-refractivity contribution in [3.63, 3.8) is 0 Å². The predicted molar refractivity (Wildman–Crippen MR) is 113 cm³/mol. The molecule has 0 aliphatic rings. The first-order chi connectivity index (χ1) is 14.1. The van der Waals surface area contributed by atoms with Crippen LogP contribution in [0.3, 0.4) is 0 Å². The highest BCUT2D eigenvalue weighted by molar-refractivity contribution is 5.83. The van der Waals surface area contributed by atoms with Gasteiger partial charge < -0.3 is 24.0 Å². The zero-order valence-corrected chi connectivity index (χ0v) is 17.1. The minimum atomic E-state index is -0.918. The van der Waals surface area contributed by atoms with Crippen LogP contribution in [0.25, 0.3) is 22.4 Å². The molecule has 154 valence electrons. The van der Waals surface area contributed by atoms with Crippen molar-refractivity contribution in [1.82, 2.24) is 14.5 Å². The zero-order chi connectivity index (χ0) is 20.8. The van der Waals surface area contributed by atoms with E-state index in [1.54, 1.807) is 11.7 Å². The van der Waals surface area contributed by atoms with Crippen LogP contribution in [0.15, 0.2) is 42.5 Å². The average Bonchev–Trinajstić information content (AvgIpc) is 3.09. The summed E-state index contributed by atoms with van der Waals surface area (Å²) in [6, 6.07) is 13.1. The van der Waals surface area contributed by atoms with Crippen LogP contribution in [-0.4, -0.2) is 58.9 Å². The number of benzene rings is 2. The summed E-state index contributed by atoms with van der Waals surface area (Å²) in [4.78, 5) is 18.4. The number of hydrogen-bond acceptors (Lipinski definition) is 5. The van der Waals surface area contributed by atoms with Gasteiger partial charge in [-0.15, -0.1) is 0 Å². The summed E-state index contributed by atoms with van der Waals surface area (Å²) in [7, 11) is 1.60. The van der Waals surface area contributed by atoms with Gasteiger partial charge in [-0.2, -0.15) is 0 Å². The maximum absolute atomic E-state index is 11.4. The molecule has 0 fully saturated rings. The first kappa shape index (κ1) is 20.7. The van der Waals surface area contributed by atoms with Crippen LogP contribution in [-0.2, 0) is 11.3 Å². The molecule has 1 N–H and O–H groups in total. The van der Waals surface area contributed by atoms with Crippen LogP contribution in [0.2, 0.25) is 0 Å². The number of nitrogens with zero attached hydrogens (tertiary/aromatic N) is 3. The van der Waals surface area contributed by atoms with Gasteiger partial charge in [0.05, 0.1) is 18.1 Å². The van der Waals surface area contributed by atoms with Crippen molar-refractivity contribution in [3.8, 4) is 22.9 Å². The summed E-state index contributed by atoms with van der Waals surface area (Å²) in [5.74, 6) is 0.920. The summed E-state index contributed by atoms with van der Waals surface area (Å²) in [5, 5.41) is 9.37. The number of para-hydroxylation sites is 2. The molecule has 1 heterocycles. The summed E-state index contributed by atoms with van der Waals surface area (Å²) < 4.78 is 13.1. The molecule has 7 heteroatoms. The fraction of sp³-hybridized carbons (Fsp3) is 0.364. The first-order valence-electron chi connectivity index (χ1n) is 9.78. The van der Waals surface area contributed by atoms with E-state index in [-0.39, 0.29) is 6.54 Å². The van der Waals surface area contributed by atoms with E-state index in [9.17, 15) is 9.90 Å². The molecule has 3 rings (SSSR count). The van der Waals surface area contributed by atoms with Gasteiger partial charge >= 0.3 is 5.97 Å². The number of hydrogen-bond donors (Lipinski definition) is 1. The minimum absolute atomic E-state index is 0.167. The van der Waals surface area contributed by atoms with E-state index in [4.69, 9.17) is 9.47 Å². The number of imidazole rings is 1. The Morgan fingerprint density at radius 3 is 2.59 bits per heavy atom. The third-order valence-corrected chi connectivity index (χ3v) is 4.93. The monoisotopic (exact) mass is 397 g/mol. The molecule has 0 amide bonds. The van der Waals surface area contributed by atoms with Crippen LogP contribution in [0, 0.1) is 0 Å². The number of ether oxygens (including phenoxy) is 2. The lowest BCUT2D eigenvalue weighted by Gasteiger charge is -2.19. The predicted octanol–water partition coefficient (Wildman–Crippen LogP) is 3.52. The van der Waals surface area contributed by atoms with E-state index in [2.05, 4.69) is 23.7 Å². The van der Waals surface area contributed by atoms with Crippen LogP contribution < -0.4 is 9.47 Å². The molecule has 0 bridgehead atoms. The molecule has 3 aromatic rings. The van der Waals surface area contributed by atoms with Crippen LogP contribution >= 0.6 is 0 Å². The SMILES string of the molecule is CCN(CC)CCOc1cc(-c2nc3ccccc3n2CC(=O)O)ccc1OC. The van der Waals surface area contributed by atoms with Gasteiger partial charge in [-0.25, -0.2) is 4.98 Å². The van der Waals surface area contributed by atoms with E-state index >= 15 is 0 Å². The van der Waals surface area contributed by atoms with E-state index in [0.29, 0.717) is 23.9 Å². The Morgan fingerprint density at radius 2 is 1.90 bits per heavy atom. The van der Waals surface area contributed by atoms with E-state index in [1.165, 1.54) is 0 Å². The normalized spacial score (nSPS) is 11.2. The second-order valence-corrected chi connectivity index (χ2v) is 6.64. The van der Waals surface area contributed by atoms with Gasteiger partial charge in [0.15, 0.2) is 11.5 Å². The van der Waals surface area contributed by atoms with E-state index in [0.717, 1.165) is 36.2 Å². The molecular weight excluding hydrogens is 370 g/mol. The Balaban J connectivity index is 1.96. The number of aliphatic carboxylic acids is 1. The molecule has 0 atom stereocenters. The zero-order valence-electron chi connectivity index (χ0n) is 17.1. The number of fused-ring (bicyclic) bond motifs is 1. The summed E-state index contributed by atoms with van der Waals surface area (Å²) >= 11 is 0. The Labute approximate surface area is 170 Å². The second kappa shape index (κ2) is 9.43. The molecule has 0 radical (unpaired) electrons. The standard InChI is InChI=1S/C22H27N3O4/c1-4-24(5-2)12-13-29-20-14-16(10-11-19(20)28-3)22-23-17-8-6-7-9-18(17)25(22)15-21(26)27/h6-11,14H,4-5,12-13,15H2,1-3H3,(H,26,27). The number of rotatable bonds is 10. The van der Waals surface area contributed by atoms with Gasteiger partial charge in [0, 0.05) is 12.1 Å². The third-order valence-electron chi connectivity index (χ3n) is 4.93. The molecule has 0 aliphatic carbocycles. The lowest BCUT2D eigenvalue weighted by atomic mass is 10.2. The van der Waals surface area contributed by atoms with Crippen LogP contribution in [0.5, 0.6) is 11.5 Å². The number of aromatic nitrogens is 2. The Morgan fingerprint density at radius 1 is 1.14 bits per heavy atom. The highest BCUT2D eigenvalue weighted by Crippen LogP contribution is 2.33. The van der Waals surface area contributed by atoms with Crippen molar-refractivity contribution in [2.24, 2.45) is 0 Å². The number of carbonyl (C=O) groups is 1. The Hall–Kier alpha value is -3.06. The minimum Gasteiger partial charge on any atom is -0.493 e. The van der Waals surface area contributed by atoms with Crippen molar-refractivity contribution < 1.29 is 19.4 Å². The third kappa shape index (κ3) is 4.68. The Kier molecular flexibility index (Phi) is 6.72. The molecule has 2 aromatic carbocycles. The Bertz CT molecular complexity index is 979. The molecule has 0 aliphatic heterocycles.